The summed E-state index contributed by atoms with van der Waals surface area (Å²) >= 11 is 4.11. The predicted octanol–water partition coefficient (Wildman–Crippen LogP) is 3.39. The highest BCUT2D eigenvalue weighted by Crippen LogP contribution is 2.14. The molecule has 0 aliphatic carbocycles. The van der Waals surface area contributed by atoms with E-state index in [4.69, 9.17) is 5.73 Å². The van der Waals surface area contributed by atoms with E-state index in [9.17, 15) is 24.3 Å². The van der Waals surface area contributed by atoms with Crippen molar-refractivity contribution >= 4 is 36.3 Å². The Morgan fingerprint density at radius 1 is 0.941 bits per heavy atom. The Kier molecular flexibility index (Phi) is 15.7. The van der Waals surface area contributed by atoms with Crippen LogP contribution in [-0.2, 0) is 19.2 Å². The molecule has 0 bridgehead atoms. The Hall–Kier alpha value is -2.55. The number of thiol groups is 1. The number of carboxylic acids is 1. The maximum atomic E-state index is 13.2. The van der Waals surface area contributed by atoms with Crippen molar-refractivity contribution in [3.05, 3.63) is 34.9 Å². The fraction of sp³-hybridized carbons (Fsp3) is 0.600. The van der Waals surface area contributed by atoms with Crippen LogP contribution < -0.4 is 11.1 Å². The van der Waals surface area contributed by atoms with E-state index < -0.39 is 35.8 Å². The molecule has 0 rings (SSSR count). The summed E-state index contributed by atoms with van der Waals surface area (Å²) in [6.07, 6.45) is 9.75. The Morgan fingerprint density at radius 3 is 1.97 bits per heavy atom. The van der Waals surface area contributed by atoms with Crippen LogP contribution in [0.1, 0.15) is 73.1 Å². The Labute approximate surface area is 209 Å². The van der Waals surface area contributed by atoms with Crippen molar-refractivity contribution in [1.29, 1.82) is 0 Å². The summed E-state index contributed by atoms with van der Waals surface area (Å²) in [5.74, 6) is -2.94. The van der Waals surface area contributed by atoms with E-state index in [1.54, 1.807) is 0 Å². The summed E-state index contributed by atoms with van der Waals surface area (Å²) in [5.41, 5.74) is 8.83. The van der Waals surface area contributed by atoms with E-state index in [0.29, 0.717) is 0 Å². The van der Waals surface area contributed by atoms with Crippen LogP contribution in [0.3, 0.4) is 0 Å². The molecule has 3 amide bonds. The van der Waals surface area contributed by atoms with E-state index >= 15 is 0 Å². The third kappa shape index (κ3) is 13.9. The van der Waals surface area contributed by atoms with E-state index in [2.05, 4.69) is 50.9 Å². The monoisotopic (exact) mass is 495 g/mol. The van der Waals surface area contributed by atoms with Gasteiger partial charge in [-0.25, -0.2) is 4.79 Å². The molecule has 0 aromatic heterocycles. The van der Waals surface area contributed by atoms with Gasteiger partial charge in [-0.05, 0) is 59.8 Å². The highest BCUT2D eigenvalue weighted by molar-refractivity contribution is 7.80. The van der Waals surface area contributed by atoms with Crippen molar-refractivity contribution in [1.82, 2.24) is 10.2 Å². The molecule has 34 heavy (non-hydrogen) atoms. The zero-order chi connectivity index (χ0) is 26.3. The lowest BCUT2D eigenvalue weighted by atomic mass is 10.1. The molecule has 8 nitrogen and oxygen atoms in total. The zero-order valence-electron chi connectivity index (χ0n) is 21.1. The number of aliphatic carboxylic acids is 1. The van der Waals surface area contributed by atoms with E-state index in [1.165, 1.54) is 23.0 Å². The largest absolute Gasteiger partial charge is 0.480 e. The van der Waals surface area contributed by atoms with E-state index in [-0.39, 0.29) is 25.1 Å². The van der Waals surface area contributed by atoms with Gasteiger partial charge in [0.1, 0.15) is 12.1 Å². The number of hydrogen-bond acceptors (Lipinski definition) is 5. The van der Waals surface area contributed by atoms with Gasteiger partial charge in [0.2, 0.25) is 17.7 Å². The van der Waals surface area contributed by atoms with Crippen LogP contribution in [-0.4, -0.2) is 58.1 Å². The standard InChI is InChI=1S/C25H41N3O5S/c1-17(2)8-6-9-18(3)10-7-11-19(4)14-15-28(22(16-34)25(32)33)24(31)21(27-20(5)29)12-13-23(26)30/h8,10,14,21-22,34H,6-7,9,11-13,15-16H2,1-5H3,(H2,26,30)(H,27,29)(H,32,33)/t21-,22-/m0/s1. The third-order valence-corrected chi connectivity index (χ3v) is 5.58. The molecular weight excluding hydrogens is 454 g/mol. The minimum absolute atomic E-state index is 0.0112. The molecule has 4 N–H and O–H groups in total. The van der Waals surface area contributed by atoms with Gasteiger partial charge in [0.15, 0.2) is 0 Å². The number of primary amides is 1. The lowest BCUT2D eigenvalue weighted by Crippen LogP contribution is -2.54. The van der Waals surface area contributed by atoms with Crippen molar-refractivity contribution < 1.29 is 24.3 Å². The van der Waals surface area contributed by atoms with Crippen molar-refractivity contribution in [3.63, 3.8) is 0 Å². The molecule has 192 valence electrons. The van der Waals surface area contributed by atoms with Gasteiger partial charge < -0.3 is 21.1 Å². The SMILES string of the molecule is CC(=O)N[C@@H](CCC(N)=O)C(=O)N(CC=C(C)CCC=C(C)CCC=C(C)C)[C@@H](CS)C(=O)O. The number of carbonyl (C=O) groups is 4. The second kappa shape index (κ2) is 17.0. The molecule has 0 aromatic rings. The van der Waals surface area contributed by atoms with Gasteiger partial charge in [0.05, 0.1) is 0 Å². The number of rotatable bonds is 16. The molecule has 0 aliphatic heterocycles. The van der Waals surface area contributed by atoms with Crippen LogP contribution in [0, 0.1) is 0 Å². The molecular formula is C25H41N3O5S. The quantitative estimate of drug-likeness (QED) is 0.193. The smallest absolute Gasteiger partial charge is 0.327 e. The molecule has 0 radical (unpaired) electrons. The molecule has 2 atom stereocenters. The van der Waals surface area contributed by atoms with Gasteiger partial charge in [-0.1, -0.05) is 34.9 Å². The van der Waals surface area contributed by atoms with Crippen molar-refractivity contribution in [2.75, 3.05) is 12.3 Å². The first-order valence-electron chi connectivity index (χ1n) is 11.5. The number of allylic oxidation sites excluding steroid dienone is 5. The van der Waals surface area contributed by atoms with Crippen LogP contribution >= 0.6 is 12.6 Å². The number of nitrogens with one attached hydrogen (secondary N) is 1. The topological polar surface area (TPSA) is 130 Å². The Morgan fingerprint density at radius 2 is 1.50 bits per heavy atom. The molecule has 0 heterocycles. The summed E-state index contributed by atoms with van der Waals surface area (Å²) in [6, 6.07) is -2.23. The Bertz CT molecular complexity index is 800. The van der Waals surface area contributed by atoms with E-state index in [1.807, 2.05) is 13.0 Å². The molecule has 0 unspecified atom stereocenters. The second-order valence-electron chi connectivity index (χ2n) is 8.75. The van der Waals surface area contributed by atoms with Crippen LogP contribution in [0.2, 0.25) is 0 Å². The van der Waals surface area contributed by atoms with Gasteiger partial charge in [0, 0.05) is 25.6 Å². The minimum atomic E-state index is -1.19. The molecule has 0 saturated carbocycles. The van der Waals surface area contributed by atoms with Gasteiger partial charge in [-0.2, -0.15) is 12.6 Å². The summed E-state index contributed by atoms with van der Waals surface area (Å²) in [5, 5.41) is 12.1. The summed E-state index contributed by atoms with van der Waals surface area (Å²) < 4.78 is 0. The number of nitrogens with zero attached hydrogens (tertiary/aromatic N) is 1. The molecule has 9 heteroatoms. The van der Waals surface area contributed by atoms with Crippen molar-refractivity contribution in [3.8, 4) is 0 Å². The third-order valence-electron chi connectivity index (χ3n) is 5.23. The van der Waals surface area contributed by atoms with Crippen molar-refractivity contribution in [2.24, 2.45) is 5.73 Å². The normalized spacial score (nSPS) is 13.6. The van der Waals surface area contributed by atoms with Crippen molar-refractivity contribution in [2.45, 2.75) is 85.2 Å². The highest BCUT2D eigenvalue weighted by atomic mass is 32.1. The Balaban J connectivity index is 5.39. The summed E-state index contributed by atoms with van der Waals surface area (Å²) in [6.45, 7) is 9.51. The first kappa shape index (κ1) is 31.4. The molecule has 0 saturated heterocycles. The summed E-state index contributed by atoms with van der Waals surface area (Å²) in [7, 11) is 0. The number of nitrogens with two attached hydrogens (primary N) is 1. The second-order valence-corrected chi connectivity index (χ2v) is 9.11. The first-order valence-corrected chi connectivity index (χ1v) is 12.2. The highest BCUT2D eigenvalue weighted by Gasteiger charge is 2.33. The number of carboxylic acid groups (broad SMARTS) is 1. The maximum absolute atomic E-state index is 13.2. The van der Waals surface area contributed by atoms with Gasteiger partial charge in [-0.15, -0.1) is 0 Å². The maximum Gasteiger partial charge on any atom is 0.327 e. The number of amides is 3. The van der Waals surface area contributed by atoms with Gasteiger partial charge in [0.25, 0.3) is 0 Å². The van der Waals surface area contributed by atoms with Crippen LogP contribution in [0.25, 0.3) is 0 Å². The fourth-order valence-corrected chi connectivity index (χ4v) is 3.62. The zero-order valence-corrected chi connectivity index (χ0v) is 22.0. The average Bonchev–Trinajstić information content (AvgIpc) is 2.72. The molecule has 0 fully saturated rings. The lowest BCUT2D eigenvalue weighted by Gasteiger charge is -2.31. The lowest BCUT2D eigenvalue weighted by molar-refractivity contribution is -0.150. The van der Waals surface area contributed by atoms with E-state index in [0.717, 1.165) is 31.3 Å². The predicted molar refractivity (Wildman–Crippen MR) is 138 cm³/mol. The first-order chi connectivity index (χ1) is 15.9. The minimum Gasteiger partial charge on any atom is -0.480 e. The molecule has 0 aliphatic rings. The van der Waals surface area contributed by atoms with Crippen LogP contribution in [0.5, 0.6) is 0 Å². The summed E-state index contributed by atoms with van der Waals surface area (Å²) in [4.78, 5) is 48.9. The van der Waals surface area contributed by atoms with Gasteiger partial charge in [-0.3, -0.25) is 14.4 Å². The average molecular weight is 496 g/mol. The number of hydrogen-bond donors (Lipinski definition) is 4. The molecule has 0 spiro atoms. The van der Waals surface area contributed by atoms with Gasteiger partial charge >= 0.3 is 5.97 Å². The number of carbonyl (C=O) groups excluding carboxylic acids is 3. The van der Waals surface area contributed by atoms with Crippen LogP contribution in [0.15, 0.2) is 34.9 Å². The van der Waals surface area contributed by atoms with Crippen LogP contribution in [0.4, 0.5) is 0 Å². The molecule has 0 aromatic carbocycles. The fourth-order valence-electron chi connectivity index (χ4n) is 3.26.